The van der Waals surface area contributed by atoms with Gasteiger partial charge in [-0.15, -0.1) is 0 Å². The highest BCUT2D eigenvalue weighted by Gasteiger charge is 2.33. The lowest BCUT2D eigenvalue weighted by Crippen LogP contribution is -2.52. The molecule has 0 fully saturated rings. The van der Waals surface area contributed by atoms with Crippen LogP contribution in [-0.2, 0) is 22.6 Å². The van der Waals surface area contributed by atoms with E-state index in [2.05, 4.69) is 17.9 Å². The molecule has 1 aromatic carbocycles. The molecule has 2 amide bonds. The van der Waals surface area contributed by atoms with Crippen LogP contribution in [0.3, 0.4) is 0 Å². The molecule has 1 aromatic rings. The third-order valence-corrected chi connectivity index (χ3v) is 3.67. The van der Waals surface area contributed by atoms with Gasteiger partial charge in [0.05, 0.1) is 0 Å². The Morgan fingerprint density at radius 2 is 2.05 bits per heavy atom. The smallest absolute Gasteiger partial charge is 0.242 e. The predicted octanol–water partition coefficient (Wildman–Crippen LogP) is 1.01. The van der Waals surface area contributed by atoms with Gasteiger partial charge in [-0.25, -0.2) is 0 Å². The molecule has 1 N–H and O–H groups in total. The van der Waals surface area contributed by atoms with Crippen LogP contribution in [0, 0.1) is 0 Å². The molecule has 1 aliphatic heterocycles. The van der Waals surface area contributed by atoms with E-state index < -0.39 is 6.04 Å². The number of thiol groups is 1. The van der Waals surface area contributed by atoms with Gasteiger partial charge in [-0.3, -0.25) is 9.59 Å². The molecule has 0 unspecified atom stereocenters. The zero-order valence-electron chi connectivity index (χ0n) is 10.9. The summed E-state index contributed by atoms with van der Waals surface area (Å²) in [5.41, 5.74) is 2.26. The van der Waals surface area contributed by atoms with Crippen molar-refractivity contribution in [1.82, 2.24) is 10.2 Å². The number of amides is 2. The zero-order valence-corrected chi connectivity index (χ0v) is 11.8. The van der Waals surface area contributed by atoms with Crippen molar-refractivity contribution in [2.24, 2.45) is 0 Å². The van der Waals surface area contributed by atoms with Crippen LogP contribution in [0.5, 0.6) is 0 Å². The van der Waals surface area contributed by atoms with Crippen molar-refractivity contribution >= 4 is 24.4 Å². The maximum absolute atomic E-state index is 12.1. The summed E-state index contributed by atoms with van der Waals surface area (Å²) in [5.74, 6) is 0.373. The Kier molecular flexibility index (Phi) is 4.47. The minimum absolute atomic E-state index is 0.0156. The van der Waals surface area contributed by atoms with E-state index in [1.54, 1.807) is 11.9 Å². The topological polar surface area (TPSA) is 49.4 Å². The van der Waals surface area contributed by atoms with Crippen LogP contribution in [0.2, 0.25) is 0 Å². The van der Waals surface area contributed by atoms with E-state index in [1.807, 2.05) is 24.3 Å². The summed E-state index contributed by atoms with van der Waals surface area (Å²) in [4.78, 5) is 25.8. The van der Waals surface area contributed by atoms with Gasteiger partial charge in [-0.2, -0.15) is 12.6 Å². The molecule has 5 heteroatoms. The van der Waals surface area contributed by atoms with Crippen LogP contribution in [0.4, 0.5) is 0 Å². The Hall–Kier alpha value is -1.49. The number of hydrogen-bond donors (Lipinski definition) is 2. The Morgan fingerprint density at radius 3 is 2.68 bits per heavy atom. The summed E-state index contributed by atoms with van der Waals surface area (Å²) in [5, 5.41) is 2.64. The van der Waals surface area contributed by atoms with Gasteiger partial charge in [0.2, 0.25) is 11.8 Å². The third kappa shape index (κ3) is 2.92. The van der Waals surface area contributed by atoms with E-state index in [0.29, 0.717) is 25.1 Å². The molecule has 1 heterocycles. The number of carbonyl (C=O) groups is 2. The largest absolute Gasteiger partial charge is 0.357 e. The molecular formula is C14H18N2O2S. The number of fused-ring (bicyclic) bond motifs is 1. The molecule has 0 aromatic heterocycles. The van der Waals surface area contributed by atoms with Crippen LogP contribution in [0.1, 0.15) is 17.5 Å². The Labute approximate surface area is 118 Å². The summed E-state index contributed by atoms with van der Waals surface area (Å²) in [6.07, 6.45) is 0.937. The quantitative estimate of drug-likeness (QED) is 0.811. The van der Waals surface area contributed by atoms with Crippen molar-refractivity contribution in [2.75, 3.05) is 12.8 Å². The SMILES string of the molecule is CNC(=O)[C@@H]1Cc2ccccc2CN1C(=O)CCS. The van der Waals surface area contributed by atoms with E-state index >= 15 is 0 Å². The zero-order chi connectivity index (χ0) is 13.8. The van der Waals surface area contributed by atoms with E-state index in [4.69, 9.17) is 0 Å². The van der Waals surface area contributed by atoms with Gasteiger partial charge in [0.1, 0.15) is 6.04 Å². The Balaban J connectivity index is 2.29. The number of carbonyl (C=O) groups excluding carboxylic acids is 2. The summed E-state index contributed by atoms with van der Waals surface area (Å²) in [6, 6.07) is 7.54. The standard InChI is InChI=1S/C14H18N2O2S/c1-15-14(18)12-8-10-4-2-3-5-11(10)9-16(12)13(17)6-7-19/h2-5,12,19H,6-9H2,1H3,(H,15,18)/t12-/m0/s1. The van der Waals surface area contributed by atoms with Crippen LogP contribution < -0.4 is 5.32 Å². The Bertz CT molecular complexity index is 490. The monoisotopic (exact) mass is 278 g/mol. The molecule has 1 aliphatic rings. The lowest BCUT2D eigenvalue weighted by Gasteiger charge is -2.35. The first-order valence-electron chi connectivity index (χ1n) is 6.36. The van der Waals surface area contributed by atoms with E-state index in [-0.39, 0.29) is 11.8 Å². The molecule has 0 saturated heterocycles. The molecule has 0 spiro atoms. The minimum Gasteiger partial charge on any atom is -0.357 e. The maximum Gasteiger partial charge on any atom is 0.242 e. The summed E-state index contributed by atoms with van der Waals surface area (Å²) in [7, 11) is 1.60. The first kappa shape index (κ1) is 13.9. The average Bonchev–Trinajstić information content (AvgIpc) is 2.45. The number of benzene rings is 1. The second kappa shape index (κ2) is 6.10. The normalized spacial score (nSPS) is 17.8. The lowest BCUT2D eigenvalue weighted by molar-refractivity contribution is -0.141. The van der Waals surface area contributed by atoms with Crippen LogP contribution in [-0.4, -0.2) is 35.6 Å². The average molecular weight is 278 g/mol. The fraction of sp³-hybridized carbons (Fsp3) is 0.429. The molecule has 0 radical (unpaired) electrons. The molecule has 19 heavy (non-hydrogen) atoms. The molecule has 0 saturated carbocycles. The summed E-state index contributed by atoms with van der Waals surface area (Å²) in [6.45, 7) is 0.501. The van der Waals surface area contributed by atoms with Crippen molar-refractivity contribution in [1.29, 1.82) is 0 Å². The van der Waals surface area contributed by atoms with Gasteiger partial charge in [0.15, 0.2) is 0 Å². The highest BCUT2D eigenvalue weighted by Crippen LogP contribution is 2.24. The van der Waals surface area contributed by atoms with E-state index in [1.165, 1.54) is 0 Å². The Morgan fingerprint density at radius 1 is 1.37 bits per heavy atom. The van der Waals surface area contributed by atoms with Crippen LogP contribution in [0.15, 0.2) is 24.3 Å². The van der Waals surface area contributed by atoms with Gasteiger partial charge in [0.25, 0.3) is 0 Å². The molecule has 2 rings (SSSR count). The second-order valence-electron chi connectivity index (χ2n) is 4.60. The van der Waals surface area contributed by atoms with Gasteiger partial charge in [-0.1, -0.05) is 24.3 Å². The van der Waals surface area contributed by atoms with Crippen LogP contribution in [0.25, 0.3) is 0 Å². The van der Waals surface area contributed by atoms with Crippen molar-refractivity contribution in [2.45, 2.75) is 25.4 Å². The van der Waals surface area contributed by atoms with Gasteiger partial charge in [-0.05, 0) is 16.9 Å². The lowest BCUT2D eigenvalue weighted by atomic mass is 9.93. The second-order valence-corrected chi connectivity index (χ2v) is 5.05. The number of hydrogen-bond acceptors (Lipinski definition) is 3. The highest BCUT2D eigenvalue weighted by molar-refractivity contribution is 7.80. The van der Waals surface area contributed by atoms with Crippen molar-refractivity contribution < 1.29 is 9.59 Å². The van der Waals surface area contributed by atoms with Crippen LogP contribution >= 0.6 is 12.6 Å². The van der Waals surface area contributed by atoms with E-state index in [0.717, 1.165) is 11.1 Å². The molecule has 0 aliphatic carbocycles. The van der Waals surface area contributed by atoms with Crippen molar-refractivity contribution in [3.8, 4) is 0 Å². The summed E-state index contributed by atoms with van der Waals surface area (Å²) < 4.78 is 0. The molecule has 102 valence electrons. The highest BCUT2D eigenvalue weighted by atomic mass is 32.1. The molecule has 1 atom stereocenters. The summed E-state index contributed by atoms with van der Waals surface area (Å²) >= 11 is 4.09. The van der Waals surface area contributed by atoms with Gasteiger partial charge in [0, 0.05) is 26.4 Å². The van der Waals surface area contributed by atoms with Gasteiger partial charge >= 0.3 is 0 Å². The number of nitrogens with zero attached hydrogens (tertiary/aromatic N) is 1. The van der Waals surface area contributed by atoms with Gasteiger partial charge < -0.3 is 10.2 Å². The maximum atomic E-state index is 12.1. The number of rotatable bonds is 3. The fourth-order valence-corrected chi connectivity index (χ4v) is 2.62. The first-order valence-corrected chi connectivity index (χ1v) is 6.99. The first-order chi connectivity index (χ1) is 9.17. The van der Waals surface area contributed by atoms with E-state index in [9.17, 15) is 9.59 Å². The molecular weight excluding hydrogens is 260 g/mol. The van der Waals surface area contributed by atoms with Crippen molar-refractivity contribution in [3.05, 3.63) is 35.4 Å². The van der Waals surface area contributed by atoms with Crippen molar-refractivity contribution in [3.63, 3.8) is 0 Å². The predicted molar refractivity (Wildman–Crippen MR) is 77.0 cm³/mol. The third-order valence-electron chi connectivity index (χ3n) is 3.44. The molecule has 4 nitrogen and oxygen atoms in total. The molecule has 0 bridgehead atoms. The number of likely N-dealkylation sites (N-methyl/N-ethyl adjacent to an activating group) is 1. The number of nitrogens with one attached hydrogen (secondary N) is 1. The fourth-order valence-electron chi connectivity index (χ4n) is 2.43. The minimum atomic E-state index is -0.410.